The van der Waals surface area contributed by atoms with Crippen LogP contribution in [0.2, 0.25) is 0 Å². The highest BCUT2D eigenvalue weighted by Crippen LogP contribution is 2.27. The van der Waals surface area contributed by atoms with E-state index in [-0.39, 0.29) is 23.2 Å². The Morgan fingerprint density at radius 1 is 1.07 bits per heavy atom. The molecule has 1 fully saturated rings. The third kappa shape index (κ3) is 2.92. The molecule has 2 aliphatic rings. The number of likely N-dealkylation sites (tertiary alicyclic amines) is 1. The van der Waals surface area contributed by atoms with Crippen molar-refractivity contribution in [3.63, 3.8) is 0 Å². The SMILES string of the molecule is O=C(O)[C@H]1CCCN1C(=O)c1ccc2c(c1)C(=O)N(Cc1ccncc1)C2=O. The van der Waals surface area contributed by atoms with Gasteiger partial charge in [0, 0.05) is 24.5 Å². The molecule has 1 aromatic heterocycles. The summed E-state index contributed by atoms with van der Waals surface area (Å²) in [7, 11) is 0. The highest BCUT2D eigenvalue weighted by molar-refractivity contribution is 6.22. The minimum Gasteiger partial charge on any atom is -0.480 e. The predicted octanol–water partition coefficient (Wildman–Crippen LogP) is 1.57. The van der Waals surface area contributed by atoms with Crippen molar-refractivity contribution >= 4 is 23.7 Å². The van der Waals surface area contributed by atoms with Crippen LogP contribution in [0.3, 0.4) is 0 Å². The molecule has 2 aromatic rings. The molecule has 8 nitrogen and oxygen atoms in total. The maximum absolute atomic E-state index is 12.8. The van der Waals surface area contributed by atoms with Crippen LogP contribution in [0.15, 0.2) is 42.7 Å². The molecule has 1 aromatic carbocycles. The second-order valence-corrected chi connectivity index (χ2v) is 6.81. The Morgan fingerprint density at radius 2 is 1.79 bits per heavy atom. The minimum absolute atomic E-state index is 0.116. The summed E-state index contributed by atoms with van der Waals surface area (Å²) in [5.74, 6) is -2.37. The van der Waals surface area contributed by atoms with Gasteiger partial charge in [-0.15, -0.1) is 0 Å². The third-order valence-electron chi connectivity index (χ3n) is 5.11. The number of hydrogen-bond acceptors (Lipinski definition) is 5. The first kappa shape index (κ1) is 17.8. The van der Waals surface area contributed by atoms with E-state index >= 15 is 0 Å². The molecule has 8 heteroatoms. The van der Waals surface area contributed by atoms with Crippen molar-refractivity contribution in [2.45, 2.75) is 25.4 Å². The number of aliphatic carboxylic acids is 1. The van der Waals surface area contributed by atoms with E-state index in [9.17, 15) is 24.3 Å². The Bertz CT molecular complexity index is 989. The molecule has 0 unspecified atom stereocenters. The Balaban J connectivity index is 1.60. The van der Waals surface area contributed by atoms with E-state index in [1.54, 1.807) is 24.5 Å². The standard InChI is InChI=1S/C20H17N3O5/c24-17(22-9-1-2-16(22)20(27)28)13-3-4-14-15(10-13)19(26)23(18(14)25)11-12-5-7-21-8-6-12/h3-8,10,16H,1-2,9,11H2,(H,27,28)/t16-/m1/s1. The normalized spacial score (nSPS) is 18.5. The van der Waals surface area contributed by atoms with Crippen molar-refractivity contribution in [3.8, 4) is 0 Å². The number of carbonyl (C=O) groups is 4. The van der Waals surface area contributed by atoms with Gasteiger partial charge in [0.1, 0.15) is 6.04 Å². The van der Waals surface area contributed by atoms with Gasteiger partial charge in [-0.2, -0.15) is 0 Å². The summed E-state index contributed by atoms with van der Waals surface area (Å²) in [4.78, 5) is 55.8. The van der Waals surface area contributed by atoms with Crippen LogP contribution < -0.4 is 0 Å². The summed E-state index contributed by atoms with van der Waals surface area (Å²) in [6.45, 7) is 0.472. The van der Waals surface area contributed by atoms with Crippen LogP contribution in [0, 0.1) is 0 Å². The van der Waals surface area contributed by atoms with Gasteiger partial charge in [-0.25, -0.2) is 4.79 Å². The molecule has 2 aliphatic heterocycles. The zero-order chi connectivity index (χ0) is 19.8. The van der Waals surface area contributed by atoms with E-state index in [0.29, 0.717) is 19.4 Å². The van der Waals surface area contributed by atoms with Gasteiger partial charge in [-0.05, 0) is 48.7 Å². The van der Waals surface area contributed by atoms with E-state index in [1.165, 1.54) is 23.1 Å². The fourth-order valence-electron chi connectivity index (χ4n) is 3.67. The van der Waals surface area contributed by atoms with E-state index in [2.05, 4.69) is 4.98 Å². The number of carboxylic acid groups (broad SMARTS) is 1. The average Bonchev–Trinajstić information content (AvgIpc) is 3.28. The number of amides is 3. The summed E-state index contributed by atoms with van der Waals surface area (Å²) in [5, 5.41) is 9.28. The van der Waals surface area contributed by atoms with Crippen LogP contribution in [0.4, 0.5) is 0 Å². The van der Waals surface area contributed by atoms with Crippen LogP contribution in [-0.2, 0) is 11.3 Å². The number of pyridine rings is 1. The molecule has 1 N–H and O–H groups in total. The van der Waals surface area contributed by atoms with Crippen molar-refractivity contribution in [2.24, 2.45) is 0 Å². The first-order chi connectivity index (χ1) is 13.5. The molecule has 3 amide bonds. The second-order valence-electron chi connectivity index (χ2n) is 6.81. The largest absolute Gasteiger partial charge is 0.480 e. The first-order valence-corrected chi connectivity index (χ1v) is 8.90. The number of carboxylic acids is 1. The molecule has 3 heterocycles. The van der Waals surface area contributed by atoms with Crippen LogP contribution in [-0.4, -0.2) is 56.2 Å². The summed E-state index contributed by atoms with van der Waals surface area (Å²) in [5.41, 5.74) is 1.38. The summed E-state index contributed by atoms with van der Waals surface area (Å²) >= 11 is 0. The number of imide groups is 1. The smallest absolute Gasteiger partial charge is 0.326 e. The van der Waals surface area contributed by atoms with Gasteiger partial charge < -0.3 is 10.0 Å². The first-order valence-electron chi connectivity index (χ1n) is 8.90. The molecule has 0 saturated carbocycles. The predicted molar refractivity (Wildman–Crippen MR) is 96.6 cm³/mol. The molecule has 4 rings (SSSR count). The average molecular weight is 379 g/mol. The van der Waals surface area contributed by atoms with E-state index in [4.69, 9.17) is 0 Å². The second kappa shape index (κ2) is 6.88. The lowest BCUT2D eigenvalue weighted by atomic mass is 10.0. The van der Waals surface area contributed by atoms with Crippen molar-refractivity contribution < 1.29 is 24.3 Å². The van der Waals surface area contributed by atoms with Gasteiger partial charge in [0.05, 0.1) is 17.7 Å². The molecular weight excluding hydrogens is 362 g/mol. The fraction of sp³-hybridized carbons (Fsp3) is 0.250. The van der Waals surface area contributed by atoms with E-state index in [1.807, 2.05) is 0 Å². The van der Waals surface area contributed by atoms with Gasteiger partial charge in [0.15, 0.2) is 0 Å². The van der Waals surface area contributed by atoms with Gasteiger partial charge >= 0.3 is 5.97 Å². The minimum atomic E-state index is -1.04. The number of rotatable bonds is 4. The zero-order valence-electron chi connectivity index (χ0n) is 14.9. The summed E-state index contributed by atoms with van der Waals surface area (Å²) in [6, 6.07) is 6.90. The zero-order valence-corrected chi connectivity index (χ0v) is 14.9. The highest BCUT2D eigenvalue weighted by atomic mass is 16.4. The van der Waals surface area contributed by atoms with Crippen LogP contribution in [0.25, 0.3) is 0 Å². The van der Waals surface area contributed by atoms with E-state index < -0.39 is 29.7 Å². The number of carbonyl (C=O) groups excluding carboxylic acids is 3. The number of aromatic nitrogens is 1. The monoisotopic (exact) mass is 379 g/mol. The molecule has 28 heavy (non-hydrogen) atoms. The molecule has 0 spiro atoms. The maximum atomic E-state index is 12.8. The lowest BCUT2D eigenvalue weighted by Gasteiger charge is -2.21. The van der Waals surface area contributed by atoms with Crippen molar-refractivity contribution in [1.29, 1.82) is 0 Å². The summed E-state index contributed by atoms with van der Waals surface area (Å²) in [6.07, 6.45) is 4.19. The third-order valence-corrected chi connectivity index (χ3v) is 5.11. The molecule has 0 radical (unpaired) electrons. The van der Waals surface area contributed by atoms with Gasteiger partial charge in [0.2, 0.25) is 0 Å². The van der Waals surface area contributed by atoms with Crippen LogP contribution in [0.1, 0.15) is 49.5 Å². The maximum Gasteiger partial charge on any atom is 0.326 e. The van der Waals surface area contributed by atoms with Gasteiger partial charge in [-0.1, -0.05) is 0 Å². The Kier molecular flexibility index (Phi) is 4.38. The molecule has 142 valence electrons. The lowest BCUT2D eigenvalue weighted by Crippen LogP contribution is -2.40. The number of benzene rings is 1. The Hall–Kier alpha value is -3.55. The molecule has 1 saturated heterocycles. The van der Waals surface area contributed by atoms with Gasteiger partial charge in [0.25, 0.3) is 17.7 Å². The molecular formula is C20H17N3O5. The Labute approximate surface area is 160 Å². The fourth-order valence-corrected chi connectivity index (χ4v) is 3.67. The van der Waals surface area contributed by atoms with Crippen molar-refractivity contribution in [2.75, 3.05) is 6.54 Å². The molecule has 0 bridgehead atoms. The lowest BCUT2D eigenvalue weighted by molar-refractivity contribution is -0.141. The number of nitrogens with zero attached hydrogens (tertiary/aromatic N) is 3. The molecule has 1 atom stereocenters. The Morgan fingerprint density at radius 3 is 2.50 bits per heavy atom. The molecule has 0 aliphatic carbocycles. The van der Waals surface area contributed by atoms with Crippen molar-refractivity contribution in [3.05, 3.63) is 65.0 Å². The van der Waals surface area contributed by atoms with Gasteiger partial charge in [-0.3, -0.25) is 24.3 Å². The number of hydrogen-bond donors (Lipinski definition) is 1. The van der Waals surface area contributed by atoms with Crippen LogP contribution >= 0.6 is 0 Å². The number of fused-ring (bicyclic) bond motifs is 1. The topological polar surface area (TPSA) is 108 Å². The van der Waals surface area contributed by atoms with Crippen molar-refractivity contribution in [1.82, 2.24) is 14.8 Å². The van der Waals surface area contributed by atoms with E-state index in [0.717, 1.165) is 10.5 Å². The summed E-state index contributed by atoms with van der Waals surface area (Å²) < 4.78 is 0. The highest BCUT2D eigenvalue weighted by Gasteiger charge is 2.38. The quantitative estimate of drug-likeness (QED) is 0.808. The van der Waals surface area contributed by atoms with Crippen LogP contribution in [0.5, 0.6) is 0 Å².